The zero-order valence-corrected chi connectivity index (χ0v) is 11.6. The minimum absolute atomic E-state index is 0.211. The van der Waals surface area contributed by atoms with Crippen LogP contribution in [0.25, 0.3) is 0 Å². The number of imidazole rings is 1. The molecule has 0 amide bonds. The number of hydrogen-bond acceptors (Lipinski definition) is 3. The third kappa shape index (κ3) is 2.37. The number of aromatic nitrogens is 3. The van der Waals surface area contributed by atoms with Crippen LogP contribution in [0, 0.1) is 13.8 Å². The van der Waals surface area contributed by atoms with E-state index in [4.69, 9.17) is 4.52 Å². The fraction of sp³-hybridized carbons (Fsp3) is 0.250. The molecule has 4 heteroatoms. The summed E-state index contributed by atoms with van der Waals surface area (Å²) >= 11 is 0. The molecule has 3 aromatic rings. The number of aryl methyl sites for hydroxylation is 1. The van der Waals surface area contributed by atoms with Gasteiger partial charge in [0, 0.05) is 30.3 Å². The summed E-state index contributed by atoms with van der Waals surface area (Å²) in [4.78, 5) is 7.38. The smallest absolute Gasteiger partial charge is 0.124 e. The third-order valence-electron chi connectivity index (χ3n) is 3.82. The van der Waals surface area contributed by atoms with E-state index in [1.165, 1.54) is 16.7 Å². The molecule has 0 spiro atoms. The molecule has 20 heavy (non-hydrogen) atoms. The van der Waals surface area contributed by atoms with Gasteiger partial charge in [-0.15, -0.1) is 0 Å². The van der Waals surface area contributed by atoms with Crippen molar-refractivity contribution in [3.63, 3.8) is 0 Å². The summed E-state index contributed by atoms with van der Waals surface area (Å²) in [5.41, 5.74) is 5.97. The average molecular weight is 267 g/mol. The molecule has 0 bridgehead atoms. The normalized spacial score (nSPS) is 12.5. The molecule has 4 nitrogen and oxygen atoms in total. The van der Waals surface area contributed by atoms with Crippen molar-refractivity contribution in [2.75, 3.05) is 0 Å². The number of benzene rings is 1. The summed E-state index contributed by atoms with van der Waals surface area (Å²) < 4.78 is 4.95. The lowest BCUT2D eigenvalue weighted by atomic mass is 9.87. The fourth-order valence-corrected chi connectivity index (χ4v) is 2.55. The van der Waals surface area contributed by atoms with E-state index in [9.17, 15) is 0 Å². The van der Waals surface area contributed by atoms with Crippen LogP contribution in [0.15, 0.2) is 47.6 Å². The van der Waals surface area contributed by atoms with Gasteiger partial charge in [0.1, 0.15) is 6.26 Å². The van der Waals surface area contributed by atoms with Crippen LogP contribution in [0.2, 0.25) is 0 Å². The number of H-pyrrole nitrogens is 1. The highest BCUT2D eigenvalue weighted by Crippen LogP contribution is 2.30. The van der Waals surface area contributed by atoms with E-state index in [0.29, 0.717) is 0 Å². The van der Waals surface area contributed by atoms with Gasteiger partial charge in [-0.1, -0.05) is 23.4 Å². The molecular formula is C16H17N3O. The minimum atomic E-state index is 0.211. The number of hydrogen-bond donors (Lipinski definition) is 1. The van der Waals surface area contributed by atoms with Gasteiger partial charge in [-0.25, -0.2) is 4.98 Å². The Labute approximate surface area is 117 Å². The van der Waals surface area contributed by atoms with Crippen LogP contribution in [0.3, 0.4) is 0 Å². The molecule has 0 aliphatic carbocycles. The Kier molecular flexibility index (Phi) is 3.37. The standard InChI is InChI=1S/C16H17N3O/c1-11-4-3-5-14(12(11)2)15(16-9-17-10-18-16)8-13-6-7-20-19-13/h3-7,9-10,15H,8H2,1-2H3,(H,17,18)/t15-/m1/s1. The van der Waals surface area contributed by atoms with E-state index in [1.54, 1.807) is 12.6 Å². The SMILES string of the molecule is Cc1cccc([C@@H](Cc2ccon2)c2cnc[nH]2)c1C. The first-order valence-electron chi connectivity index (χ1n) is 6.69. The summed E-state index contributed by atoms with van der Waals surface area (Å²) in [6.07, 6.45) is 6.01. The molecule has 0 fully saturated rings. The van der Waals surface area contributed by atoms with Gasteiger partial charge in [0.15, 0.2) is 0 Å². The van der Waals surface area contributed by atoms with Crippen LogP contribution < -0.4 is 0 Å². The van der Waals surface area contributed by atoms with Crippen molar-refractivity contribution in [2.45, 2.75) is 26.2 Å². The number of nitrogens with zero attached hydrogens (tertiary/aromatic N) is 2. The van der Waals surface area contributed by atoms with Gasteiger partial charge in [-0.05, 0) is 30.5 Å². The first kappa shape index (κ1) is 12.7. The maximum Gasteiger partial charge on any atom is 0.124 e. The highest BCUT2D eigenvalue weighted by atomic mass is 16.5. The summed E-state index contributed by atoms with van der Waals surface area (Å²) in [7, 11) is 0. The van der Waals surface area contributed by atoms with E-state index >= 15 is 0 Å². The topological polar surface area (TPSA) is 54.7 Å². The van der Waals surface area contributed by atoms with Crippen molar-refractivity contribution in [3.05, 3.63) is 71.1 Å². The summed E-state index contributed by atoms with van der Waals surface area (Å²) in [6, 6.07) is 8.32. The van der Waals surface area contributed by atoms with Crippen molar-refractivity contribution >= 4 is 0 Å². The highest BCUT2D eigenvalue weighted by molar-refractivity contribution is 5.39. The van der Waals surface area contributed by atoms with Crippen LogP contribution in [-0.2, 0) is 6.42 Å². The van der Waals surface area contributed by atoms with Gasteiger partial charge in [0.2, 0.25) is 0 Å². The van der Waals surface area contributed by atoms with Crippen LogP contribution >= 0.6 is 0 Å². The van der Waals surface area contributed by atoms with Crippen LogP contribution in [0.5, 0.6) is 0 Å². The van der Waals surface area contributed by atoms with Crippen molar-refractivity contribution in [3.8, 4) is 0 Å². The zero-order chi connectivity index (χ0) is 13.9. The molecule has 3 rings (SSSR count). The van der Waals surface area contributed by atoms with Crippen LogP contribution in [-0.4, -0.2) is 15.1 Å². The fourth-order valence-electron chi connectivity index (χ4n) is 2.55. The second-order valence-electron chi connectivity index (χ2n) is 5.04. The summed E-state index contributed by atoms with van der Waals surface area (Å²) in [5.74, 6) is 0.211. The quantitative estimate of drug-likeness (QED) is 0.788. The molecule has 0 saturated carbocycles. The predicted molar refractivity (Wildman–Crippen MR) is 76.6 cm³/mol. The Morgan fingerprint density at radius 2 is 2.15 bits per heavy atom. The summed E-state index contributed by atoms with van der Waals surface area (Å²) in [5, 5.41) is 4.03. The largest absolute Gasteiger partial charge is 0.365 e. The van der Waals surface area contributed by atoms with Gasteiger partial charge in [0.05, 0.1) is 12.0 Å². The van der Waals surface area contributed by atoms with Gasteiger partial charge >= 0.3 is 0 Å². The van der Waals surface area contributed by atoms with Crippen LogP contribution in [0.1, 0.15) is 34.0 Å². The molecule has 1 atom stereocenters. The lowest BCUT2D eigenvalue weighted by Crippen LogP contribution is -2.08. The molecule has 1 N–H and O–H groups in total. The Hall–Kier alpha value is -2.36. The van der Waals surface area contributed by atoms with Crippen molar-refractivity contribution in [1.82, 2.24) is 15.1 Å². The molecular weight excluding hydrogens is 250 g/mol. The molecule has 0 aliphatic rings. The van der Waals surface area contributed by atoms with Crippen molar-refractivity contribution < 1.29 is 4.52 Å². The molecule has 0 aliphatic heterocycles. The maximum absolute atomic E-state index is 4.95. The zero-order valence-electron chi connectivity index (χ0n) is 11.6. The summed E-state index contributed by atoms with van der Waals surface area (Å²) in [6.45, 7) is 4.30. The number of nitrogens with one attached hydrogen (secondary N) is 1. The maximum atomic E-state index is 4.95. The minimum Gasteiger partial charge on any atom is -0.365 e. The molecule has 0 unspecified atom stereocenters. The molecule has 0 radical (unpaired) electrons. The van der Waals surface area contributed by atoms with Crippen molar-refractivity contribution in [1.29, 1.82) is 0 Å². The lowest BCUT2D eigenvalue weighted by Gasteiger charge is -2.18. The number of rotatable bonds is 4. The molecule has 0 saturated heterocycles. The Morgan fingerprint density at radius 3 is 2.85 bits per heavy atom. The van der Waals surface area contributed by atoms with Crippen LogP contribution in [0.4, 0.5) is 0 Å². The highest BCUT2D eigenvalue weighted by Gasteiger charge is 2.20. The van der Waals surface area contributed by atoms with Gasteiger partial charge in [-0.3, -0.25) is 0 Å². The van der Waals surface area contributed by atoms with E-state index in [0.717, 1.165) is 17.8 Å². The number of aromatic amines is 1. The van der Waals surface area contributed by atoms with E-state index < -0.39 is 0 Å². The van der Waals surface area contributed by atoms with E-state index in [1.807, 2.05) is 12.3 Å². The average Bonchev–Trinajstić information content (AvgIpc) is 3.11. The van der Waals surface area contributed by atoms with Gasteiger partial charge in [-0.2, -0.15) is 0 Å². The predicted octanol–water partition coefficient (Wildman–Crippen LogP) is 3.39. The monoisotopic (exact) mass is 267 g/mol. The molecule has 2 aromatic heterocycles. The van der Waals surface area contributed by atoms with E-state index in [2.05, 4.69) is 47.2 Å². The molecule has 102 valence electrons. The Balaban J connectivity index is 2.03. The molecule has 2 heterocycles. The first-order chi connectivity index (χ1) is 9.75. The van der Waals surface area contributed by atoms with Crippen molar-refractivity contribution in [2.24, 2.45) is 0 Å². The first-order valence-corrected chi connectivity index (χ1v) is 6.69. The second kappa shape index (κ2) is 5.33. The molecule has 1 aromatic carbocycles. The Morgan fingerprint density at radius 1 is 1.25 bits per heavy atom. The van der Waals surface area contributed by atoms with Gasteiger partial charge < -0.3 is 9.51 Å². The van der Waals surface area contributed by atoms with Gasteiger partial charge in [0.25, 0.3) is 0 Å². The Bertz CT molecular complexity index is 672. The third-order valence-corrected chi connectivity index (χ3v) is 3.82. The second-order valence-corrected chi connectivity index (χ2v) is 5.04. The lowest BCUT2D eigenvalue weighted by molar-refractivity contribution is 0.410. The van der Waals surface area contributed by atoms with E-state index in [-0.39, 0.29) is 5.92 Å².